The average Bonchev–Trinajstić information content (AvgIpc) is 2.27. The SMILES string of the molecule is CC(=O)CCC1C(=O)C(C(C)C)CCC1(C)OC=O. The summed E-state index contributed by atoms with van der Waals surface area (Å²) >= 11 is 0. The van der Waals surface area contributed by atoms with Gasteiger partial charge in [0.25, 0.3) is 6.47 Å². The molecule has 0 aromatic heterocycles. The molecule has 0 aliphatic heterocycles. The van der Waals surface area contributed by atoms with Crippen LogP contribution in [0, 0.1) is 17.8 Å². The van der Waals surface area contributed by atoms with Crippen molar-refractivity contribution >= 4 is 18.0 Å². The van der Waals surface area contributed by atoms with E-state index >= 15 is 0 Å². The molecule has 0 heterocycles. The molecule has 1 aliphatic rings. The van der Waals surface area contributed by atoms with Crippen molar-refractivity contribution in [1.29, 1.82) is 0 Å². The molecule has 1 saturated carbocycles. The van der Waals surface area contributed by atoms with Crippen LogP contribution in [-0.2, 0) is 19.1 Å². The lowest BCUT2D eigenvalue weighted by molar-refractivity contribution is -0.162. The lowest BCUT2D eigenvalue weighted by Crippen LogP contribution is -2.49. The minimum atomic E-state index is -0.750. The first kappa shape index (κ1) is 15.9. The highest BCUT2D eigenvalue weighted by Crippen LogP contribution is 2.41. The summed E-state index contributed by atoms with van der Waals surface area (Å²) in [4.78, 5) is 34.4. The monoisotopic (exact) mass is 268 g/mol. The predicted molar refractivity (Wildman–Crippen MR) is 71.5 cm³/mol. The van der Waals surface area contributed by atoms with Crippen molar-refractivity contribution in [1.82, 2.24) is 0 Å². The second-order valence-electron chi connectivity index (χ2n) is 6.11. The average molecular weight is 268 g/mol. The summed E-state index contributed by atoms with van der Waals surface area (Å²) in [7, 11) is 0. The summed E-state index contributed by atoms with van der Waals surface area (Å²) in [5, 5.41) is 0. The Morgan fingerprint density at radius 3 is 2.63 bits per heavy atom. The third-order valence-electron chi connectivity index (χ3n) is 4.30. The van der Waals surface area contributed by atoms with Crippen molar-refractivity contribution in [3.8, 4) is 0 Å². The number of rotatable bonds is 6. The molecule has 19 heavy (non-hydrogen) atoms. The quantitative estimate of drug-likeness (QED) is 0.694. The normalized spacial score (nSPS) is 31.3. The van der Waals surface area contributed by atoms with Gasteiger partial charge in [0.15, 0.2) is 0 Å². The molecule has 1 fully saturated rings. The fourth-order valence-electron chi connectivity index (χ4n) is 3.03. The standard InChI is InChI=1S/C15H24O4/c1-10(2)12-7-8-15(4,19-9-16)13(14(12)18)6-5-11(3)17/h9-10,12-13H,5-8H2,1-4H3. The van der Waals surface area contributed by atoms with Crippen LogP contribution in [0.15, 0.2) is 0 Å². The topological polar surface area (TPSA) is 60.4 Å². The van der Waals surface area contributed by atoms with Gasteiger partial charge in [-0.05, 0) is 39.0 Å². The lowest BCUT2D eigenvalue weighted by atomic mass is 9.66. The van der Waals surface area contributed by atoms with Crippen molar-refractivity contribution < 1.29 is 19.1 Å². The summed E-state index contributed by atoms with van der Waals surface area (Å²) in [5.41, 5.74) is -0.750. The van der Waals surface area contributed by atoms with Crippen molar-refractivity contribution in [2.24, 2.45) is 17.8 Å². The summed E-state index contributed by atoms with van der Waals surface area (Å²) in [5.74, 6) is 0.149. The largest absolute Gasteiger partial charge is 0.461 e. The second kappa shape index (κ2) is 6.31. The molecule has 1 rings (SSSR count). The van der Waals surface area contributed by atoms with Gasteiger partial charge < -0.3 is 9.53 Å². The molecule has 1 aliphatic carbocycles. The van der Waals surface area contributed by atoms with Gasteiger partial charge in [-0.25, -0.2) is 0 Å². The third kappa shape index (κ3) is 3.64. The molecular weight excluding hydrogens is 244 g/mol. The predicted octanol–water partition coefficient (Wildman–Crippen LogP) is 2.54. The highest BCUT2D eigenvalue weighted by Gasteiger charge is 2.47. The van der Waals surface area contributed by atoms with Crippen LogP contribution in [0.5, 0.6) is 0 Å². The summed E-state index contributed by atoms with van der Waals surface area (Å²) < 4.78 is 5.20. The van der Waals surface area contributed by atoms with Crippen molar-refractivity contribution in [2.45, 2.75) is 59.0 Å². The highest BCUT2D eigenvalue weighted by molar-refractivity contribution is 5.86. The third-order valence-corrected chi connectivity index (χ3v) is 4.30. The van der Waals surface area contributed by atoms with E-state index in [0.29, 0.717) is 25.7 Å². The van der Waals surface area contributed by atoms with Crippen LogP contribution in [0.4, 0.5) is 0 Å². The van der Waals surface area contributed by atoms with Gasteiger partial charge in [0, 0.05) is 12.3 Å². The van der Waals surface area contributed by atoms with Crippen LogP contribution in [-0.4, -0.2) is 23.6 Å². The van der Waals surface area contributed by atoms with Gasteiger partial charge in [0.1, 0.15) is 17.2 Å². The van der Waals surface area contributed by atoms with E-state index in [2.05, 4.69) is 0 Å². The maximum absolute atomic E-state index is 12.6. The summed E-state index contributed by atoms with van der Waals surface area (Å²) in [6.45, 7) is 7.82. The zero-order chi connectivity index (χ0) is 14.6. The number of hydrogen-bond acceptors (Lipinski definition) is 4. The van der Waals surface area contributed by atoms with Gasteiger partial charge in [0.2, 0.25) is 0 Å². The smallest absolute Gasteiger partial charge is 0.293 e. The Balaban J connectivity index is 2.92. The van der Waals surface area contributed by atoms with Gasteiger partial charge in [0.05, 0.1) is 5.92 Å². The number of carbonyl (C=O) groups excluding carboxylic acids is 3. The molecule has 0 bridgehead atoms. The lowest BCUT2D eigenvalue weighted by Gasteiger charge is -2.42. The van der Waals surface area contributed by atoms with Gasteiger partial charge >= 0.3 is 0 Å². The second-order valence-corrected chi connectivity index (χ2v) is 6.11. The van der Waals surface area contributed by atoms with Crippen LogP contribution < -0.4 is 0 Å². The zero-order valence-electron chi connectivity index (χ0n) is 12.3. The van der Waals surface area contributed by atoms with E-state index < -0.39 is 5.60 Å². The Bertz CT molecular complexity index is 361. The Labute approximate surface area is 114 Å². The summed E-state index contributed by atoms with van der Waals surface area (Å²) in [6, 6.07) is 0. The number of ether oxygens (including phenoxy) is 1. The molecule has 0 radical (unpaired) electrons. The van der Waals surface area contributed by atoms with Crippen molar-refractivity contribution in [3.63, 3.8) is 0 Å². The molecule has 0 spiro atoms. The van der Waals surface area contributed by atoms with Crippen LogP contribution >= 0.6 is 0 Å². The molecule has 0 saturated heterocycles. The number of ketones is 2. The Morgan fingerprint density at radius 1 is 1.53 bits per heavy atom. The van der Waals surface area contributed by atoms with Gasteiger partial charge in [-0.2, -0.15) is 0 Å². The van der Waals surface area contributed by atoms with Crippen LogP contribution in [0.1, 0.15) is 53.4 Å². The van der Waals surface area contributed by atoms with E-state index in [-0.39, 0.29) is 29.3 Å². The van der Waals surface area contributed by atoms with Crippen LogP contribution in [0.2, 0.25) is 0 Å². The molecule has 0 amide bonds. The van der Waals surface area contributed by atoms with E-state index in [0.717, 1.165) is 6.42 Å². The van der Waals surface area contributed by atoms with Gasteiger partial charge in [-0.1, -0.05) is 13.8 Å². The molecule has 3 unspecified atom stereocenters. The first-order valence-electron chi connectivity index (χ1n) is 6.96. The fraction of sp³-hybridized carbons (Fsp3) is 0.800. The molecule has 0 N–H and O–H groups in total. The fourth-order valence-corrected chi connectivity index (χ4v) is 3.03. The maximum atomic E-state index is 12.6. The molecule has 0 aromatic rings. The summed E-state index contributed by atoms with van der Waals surface area (Å²) in [6.07, 6.45) is 2.26. The van der Waals surface area contributed by atoms with E-state index in [1.54, 1.807) is 6.92 Å². The van der Waals surface area contributed by atoms with E-state index in [1.165, 1.54) is 6.92 Å². The molecule has 0 aromatic carbocycles. The van der Waals surface area contributed by atoms with Gasteiger partial charge in [-0.15, -0.1) is 0 Å². The van der Waals surface area contributed by atoms with Crippen molar-refractivity contribution in [2.75, 3.05) is 0 Å². The number of hydrogen-bond donors (Lipinski definition) is 0. The molecule has 4 nitrogen and oxygen atoms in total. The van der Waals surface area contributed by atoms with Crippen LogP contribution in [0.3, 0.4) is 0 Å². The first-order valence-corrected chi connectivity index (χ1v) is 6.96. The number of carbonyl (C=O) groups is 3. The highest BCUT2D eigenvalue weighted by atomic mass is 16.5. The van der Waals surface area contributed by atoms with Crippen LogP contribution in [0.25, 0.3) is 0 Å². The molecular formula is C15H24O4. The minimum Gasteiger partial charge on any atom is -0.461 e. The molecule has 3 atom stereocenters. The van der Waals surface area contributed by atoms with E-state index in [9.17, 15) is 14.4 Å². The molecule has 108 valence electrons. The molecule has 4 heteroatoms. The van der Waals surface area contributed by atoms with Gasteiger partial charge in [-0.3, -0.25) is 9.59 Å². The zero-order valence-corrected chi connectivity index (χ0v) is 12.3. The Hall–Kier alpha value is -1.19. The maximum Gasteiger partial charge on any atom is 0.293 e. The van der Waals surface area contributed by atoms with E-state index in [4.69, 9.17) is 4.74 Å². The van der Waals surface area contributed by atoms with Crippen molar-refractivity contribution in [3.05, 3.63) is 0 Å². The minimum absolute atomic E-state index is 0.0142. The first-order chi connectivity index (χ1) is 8.81. The Kier molecular flexibility index (Phi) is 5.27. The number of Topliss-reactive ketones (excluding diaryl/α,β-unsaturated/α-hetero) is 2. The Morgan fingerprint density at radius 2 is 2.16 bits per heavy atom. The van der Waals surface area contributed by atoms with E-state index in [1.807, 2.05) is 13.8 Å².